The number of amides is 1. The predicted molar refractivity (Wildman–Crippen MR) is 111 cm³/mol. The number of guanidine groups is 1. The minimum atomic E-state index is 0.221. The number of aliphatic imine (C=N–C) groups is 1. The SMILES string of the molecule is CN=C(NCc1ccc(Cl)cc1)NCc1ccc(N2CCCCC2=O)cc1. The van der Waals surface area contributed by atoms with Crippen molar-refractivity contribution in [1.82, 2.24) is 10.6 Å². The lowest BCUT2D eigenvalue weighted by Gasteiger charge is -2.26. The van der Waals surface area contributed by atoms with Crippen LogP contribution in [0.15, 0.2) is 53.5 Å². The topological polar surface area (TPSA) is 56.7 Å². The number of hydrogen-bond acceptors (Lipinski definition) is 2. The van der Waals surface area contributed by atoms with Crippen molar-refractivity contribution in [3.63, 3.8) is 0 Å². The monoisotopic (exact) mass is 384 g/mol. The Morgan fingerprint density at radius 2 is 1.59 bits per heavy atom. The summed E-state index contributed by atoms with van der Waals surface area (Å²) in [7, 11) is 1.75. The summed E-state index contributed by atoms with van der Waals surface area (Å²) in [5.41, 5.74) is 3.25. The summed E-state index contributed by atoms with van der Waals surface area (Å²) in [6.45, 7) is 2.15. The molecule has 1 aliphatic heterocycles. The van der Waals surface area contributed by atoms with Crippen molar-refractivity contribution in [2.75, 3.05) is 18.5 Å². The molecule has 1 aliphatic rings. The summed E-state index contributed by atoms with van der Waals surface area (Å²) in [6.07, 6.45) is 2.73. The molecule has 142 valence electrons. The number of carbonyl (C=O) groups is 1. The quantitative estimate of drug-likeness (QED) is 0.610. The molecule has 0 aliphatic carbocycles. The number of anilines is 1. The van der Waals surface area contributed by atoms with Crippen LogP contribution in [0.5, 0.6) is 0 Å². The smallest absolute Gasteiger partial charge is 0.226 e. The van der Waals surface area contributed by atoms with Crippen molar-refractivity contribution < 1.29 is 4.79 Å². The third kappa shape index (κ3) is 5.47. The minimum Gasteiger partial charge on any atom is -0.352 e. The van der Waals surface area contributed by atoms with E-state index in [4.69, 9.17) is 11.6 Å². The van der Waals surface area contributed by atoms with Crippen molar-refractivity contribution in [3.8, 4) is 0 Å². The first kappa shape index (κ1) is 19.2. The Morgan fingerprint density at radius 1 is 1.00 bits per heavy atom. The first-order valence-electron chi connectivity index (χ1n) is 9.24. The Balaban J connectivity index is 1.50. The van der Waals surface area contributed by atoms with Crippen LogP contribution in [-0.4, -0.2) is 25.5 Å². The first-order chi connectivity index (χ1) is 13.2. The molecule has 1 saturated heterocycles. The third-order valence-electron chi connectivity index (χ3n) is 4.63. The highest BCUT2D eigenvalue weighted by Crippen LogP contribution is 2.21. The number of rotatable bonds is 5. The van der Waals surface area contributed by atoms with Gasteiger partial charge >= 0.3 is 0 Å². The van der Waals surface area contributed by atoms with Crippen molar-refractivity contribution >= 4 is 29.2 Å². The summed E-state index contributed by atoms with van der Waals surface area (Å²) >= 11 is 5.91. The van der Waals surface area contributed by atoms with Crippen molar-refractivity contribution in [2.24, 2.45) is 4.99 Å². The molecule has 0 unspecified atom stereocenters. The van der Waals surface area contributed by atoms with Crippen molar-refractivity contribution in [3.05, 3.63) is 64.7 Å². The van der Waals surface area contributed by atoms with Crippen molar-refractivity contribution in [1.29, 1.82) is 0 Å². The van der Waals surface area contributed by atoms with E-state index >= 15 is 0 Å². The molecule has 27 heavy (non-hydrogen) atoms. The standard InChI is InChI=1S/C21H25ClN4O/c1-23-21(24-14-16-5-9-18(22)10-6-16)25-15-17-7-11-19(12-8-17)26-13-3-2-4-20(26)27/h5-12H,2-4,13-15H2,1H3,(H2,23,24,25). The van der Waals surface area contributed by atoms with Crippen LogP contribution in [0.3, 0.4) is 0 Å². The van der Waals surface area contributed by atoms with E-state index in [1.807, 2.05) is 41.3 Å². The first-order valence-corrected chi connectivity index (χ1v) is 9.62. The molecule has 1 amide bonds. The van der Waals surface area contributed by atoms with Crippen LogP contribution >= 0.6 is 11.6 Å². The average molecular weight is 385 g/mol. The number of halogens is 1. The highest BCUT2D eigenvalue weighted by molar-refractivity contribution is 6.30. The van der Waals surface area contributed by atoms with Crippen LogP contribution in [-0.2, 0) is 17.9 Å². The third-order valence-corrected chi connectivity index (χ3v) is 4.88. The van der Waals surface area contributed by atoms with Gasteiger partial charge in [-0.3, -0.25) is 9.79 Å². The van der Waals surface area contributed by atoms with Gasteiger partial charge in [-0.1, -0.05) is 35.9 Å². The van der Waals surface area contributed by atoms with Gasteiger partial charge in [0.05, 0.1) is 0 Å². The van der Waals surface area contributed by atoms with E-state index in [-0.39, 0.29) is 5.91 Å². The van der Waals surface area contributed by atoms with Gasteiger partial charge in [-0.15, -0.1) is 0 Å². The number of nitrogens with one attached hydrogen (secondary N) is 2. The maximum atomic E-state index is 12.0. The van der Waals surface area contributed by atoms with Crippen LogP contribution in [0.2, 0.25) is 5.02 Å². The molecule has 0 bridgehead atoms. The molecular formula is C21H25ClN4O. The number of benzene rings is 2. The van der Waals surface area contributed by atoms with E-state index in [0.29, 0.717) is 19.5 Å². The maximum Gasteiger partial charge on any atom is 0.226 e. The molecule has 5 nitrogen and oxygen atoms in total. The van der Waals surface area contributed by atoms with E-state index in [2.05, 4.69) is 27.8 Å². The molecule has 0 radical (unpaired) electrons. The fourth-order valence-corrected chi connectivity index (χ4v) is 3.19. The molecule has 0 spiro atoms. The van der Waals surface area contributed by atoms with Crippen LogP contribution in [0, 0.1) is 0 Å². The Morgan fingerprint density at radius 3 is 2.15 bits per heavy atom. The fourth-order valence-electron chi connectivity index (χ4n) is 3.07. The molecule has 6 heteroatoms. The summed E-state index contributed by atoms with van der Waals surface area (Å²) in [5.74, 6) is 0.958. The highest BCUT2D eigenvalue weighted by Gasteiger charge is 2.19. The molecule has 2 aromatic rings. The summed E-state index contributed by atoms with van der Waals surface area (Å²) in [5, 5.41) is 7.33. The molecule has 2 aromatic carbocycles. The zero-order valence-electron chi connectivity index (χ0n) is 15.5. The van der Waals surface area contributed by atoms with Gasteiger partial charge in [0.15, 0.2) is 5.96 Å². The predicted octanol–water partition coefficient (Wildman–Crippen LogP) is 3.72. The van der Waals surface area contributed by atoms with E-state index < -0.39 is 0 Å². The van der Waals surface area contributed by atoms with Gasteiger partial charge < -0.3 is 15.5 Å². The molecule has 2 N–H and O–H groups in total. The van der Waals surface area contributed by atoms with Gasteiger partial charge in [-0.05, 0) is 48.2 Å². The largest absolute Gasteiger partial charge is 0.352 e. The lowest BCUT2D eigenvalue weighted by molar-refractivity contribution is -0.119. The number of nitrogens with zero attached hydrogens (tertiary/aromatic N) is 2. The number of piperidine rings is 1. The Kier molecular flexibility index (Phi) is 6.71. The molecule has 0 saturated carbocycles. The average Bonchev–Trinajstić information content (AvgIpc) is 2.70. The summed E-state index contributed by atoms with van der Waals surface area (Å²) in [4.78, 5) is 18.2. The van der Waals surface area contributed by atoms with Gasteiger partial charge in [0, 0.05) is 43.8 Å². The minimum absolute atomic E-state index is 0.221. The molecule has 0 atom stereocenters. The van der Waals surface area contributed by atoms with Gasteiger partial charge in [0.1, 0.15) is 0 Å². The Labute approximate surface area is 165 Å². The zero-order valence-corrected chi connectivity index (χ0v) is 16.3. The van der Waals surface area contributed by atoms with Crippen LogP contribution in [0.25, 0.3) is 0 Å². The fraction of sp³-hybridized carbons (Fsp3) is 0.333. The van der Waals surface area contributed by atoms with Crippen LogP contribution < -0.4 is 15.5 Å². The molecule has 1 heterocycles. The van der Waals surface area contributed by atoms with Gasteiger partial charge in [-0.2, -0.15) is 0 Å². The highest BCUT2D eigenvalue weighted by atomic mass is 35.5. The number of hydrogen-bond donors (Lipinski definition) is 2. The lowest BCUT2D eigenvalue weighted by Crippen LogP contribution is -2.36. The van der Waals surface area contributed by atoms with Gasteiger partial charge in [-0.25, -0.2) is 0 Å². The molecule has 3 rings (SSSR count). The summed E-state index contributed by atoms with van der Waals surface area (Å²) in [6, 6.07) is 15.9. The second kappa shape index (κ2) is 9.42. The summed E-state index contributed by atoms with van der Waals surface area (Å²) < 4.78 is 0. The normalized spacial score (nSPS) is 15.0. The molecule has 1 fully saturated rings. The van der Waals surface area contributed by atoms with E-state index in [1.165, 1.54) is 0 Å². The Bertz CT molecular complexity index is 787. The lowest BCUT2D eigenvalue weighted by atomic mass is 10.1. The van der Waals surface area contributed by atoms with Gasteiger partial charge in [0.2, 0.25) is 5.91 Å². The molecule has 0 aromatic heterocycles. The van der Waals surface area contributed by atoms with Crippen LogP contribution in [0.4, 0.5) is 5.69 Å². The second-order valence-electron chi connectivity index (χ2n) is 6.57. The maximum absolute atomic E-state index is 12.0. The van der Waals surface area contributed by atoms with E-state index in [0.717, 1.165) is 47.2 Å². The van der Waals surface area contributed by atoms with Gasteiger partial charge in [0.25, 0.3) is 0 Å². The van der Waals surface area contributed by atoms with E-state index in [1.54, 1.807) is 7.05 Å². The zero-order chi connectivity index (χ0) is 19.1. The van der Waals surface area contributed by atoms with Crippen LogP contribution in [0.1, 0.15) is 30.4 Å². The number of carbonyl (C=O) groups excluding carboxylic acids is 1. The second-order valence-corrected chi connectivity index (χ2v) is 7.01. The Hall–Kier alpha value is -2.53. The van der Waals surface area contributed by atoms with E-state index in [9.17, 15) is 4.79 Å². The molecular weight excluding hydrogens is 360 g/mol. The van der Waals surface area contributed by atoms with Crippen molar-refractivity contribution in [2.45, 2.75) is 32.4 Å².